The molecule has 7 heteroatoms. The Morgan fingerprint density at radius 3 is 2.36 bits per heavy atom. The lowest BCUT2D eigenvalue weighted by atomic mass is 10.1. The molecule has 0 saturated carbocycles. The van der Waals surface area contributed by atoms with E-state index in [0.29, 0.717) is 17.1 Å². The fourth-order valence-corrected chi connectivity index (χ4v) is 3.84. The standard InChI is InChI=1S/C26H24N6O/c1-17(2)31-25-20(16-27-31)14-22(18(3)28-25)26(33)29-24-15-23(19-10-6-4-7-11-19)30-32(24)21-12-8-5-9-13-21/h4-17H,1-3H3,(H,29,33). The van der Waals surface area contributed by atoms with Gasteiger partial charge in [-0.3, -0.25) is 4.79 Å². The Bertz CT molecular complexity index is 1430. The fraction of sp³-hybridized carbons (Fsp3) is 0.154. The van der Waals surface area contributed by atoms with Crippen LogP contribution in [-0.4, -0.2) is 30.5 Å². The van der Waals surface area contributed by atoms with Gasteiger partial charge >= 0.3 is 0 Å². The van der Waals surface area contributed by atoms with Crippen molar-refractivity contribution < 1.29 is 4.79 Å². The third kappa shape index (κ3) is 3.89. The Morgan fingerprint density at radius 2 is 1.67 bits per heavy atom. The highest BCUT2D eigenvalue weighted by atomic mass is 16.1. The lowest BCUT2D eigenvalue weighted by molar-refractivity contribution is 0.102. The predicted molar refractivity (Wildman–Crippen MR) is 130 cm³/mol. The fourth-order valence-electron chi connectivity index (χ4n) is 3.84. The molecule has 0 atom stereocenters. The molecule has 0 aliphatic carbocycles. The molecule has 0 aliphatic heterocycles. The number of hydrogen-bond donors (Lipinski definition) is 1. The Labute approximate surface area is 191 Å². The molecule has 0 aliphatic rings. The number of nitrogens with one attached hydrogen (secondary N) is 1. The maximum Gasteiger partial charge on any atom is 0.258 e. The second-order valence-electron chi connectivity index (χ2n) is 8.20. The van der Waals surface area contributed by atoms with Crippen LogP contribution in [0.1, 0.15) is 35.9 Å². The summed E-state index contributed by atoms with van der Waals surface area (Å²) >= 11 is 0. The van der Waals surface area contributed by atoms with Gasteiger partial charge < -0.3 is 5.32 Å². The van der Waals surface area contributed by atoms with Crippen molar-refractivity contribution >= 4 is 22.8 Å². The number of anilines is 1. The minimum absolute atomic E-state index is 0.186. The number of pyridine rings is 1. The summed E-state index contributed by atoms with van der Waals surface area (Å²) in [6.07, 6.45) is 1.75. The molecule has 1 N–H and O–H groups in total. The van der Waals surface area contributed by atoms with Crippen LogP contribution in [0.2, 0.25) is 0 Å². The molecule has 5 aromatic rings. The number of carbonyl (C=O) groups is 1. The molecule has 2 aromatic carbocycles. The van der Waals surface area contributed by atoms with E-state index in [4.69, 9.17) is 5.10 Å². The first-order chi connectivity index (χ1) is 16.0. The summed E-state index contributed by atoms with van der Waals surface area (Å²) in [6.45, 7) is 5.95. The van der Waals surface area contributed by atoms with E-state index < -0.39 is 0 Å². The predicted octanol–water partition coefficient (Wildman–Crippen LogP) is 5.43. The van der Waals surface area contributed by atoms with Gasteiger partial charge in [-0.1, -0.05) is 48.5 Å². The molecule has 3 heterocycles. The molecule has 0 unspecified atom stereocenters. The van der Waals surface area contributed by atoms with Crippen molar-refractivity contribution in [1.82, 2.24) is 24.5 Å². The maximum atomic E-state index is 13.3. The zero-order valence-electron chi connectivity index (χ0n) is 18.7. The first kappa shape index (κ1) is 20.6. The minimum Gasteiger partial charge on any atom is -0.306 e. The Kier molecular flexibility index (Phi) is 5.22. The van der Waals surface area contributed by atoms with E-state index in [0.717, 1.165) is 28.0 Å². The summed E-state index contributed by atoms with van der Waals surface area (Å²) in [5.41, 5.74) is 4.55. The van der Waals surface area contributed by atoms with E-state index in [2.05, 4.69) is 29.2 Å². The van der Waals surface area contributed by atoms with Crippen molar-refractivity contribution in [2.75, 3.05) is 5.32 Å². The molecular formula is C26H24N6O. The van der Waals surface area contributed by atoms with Crippen LogP contribution in [0.5, 0.6) is 0 Å². The van der Waals surface area contributed by atoms with Crippen molar-refractivity contribution in [3.05, 3.63) is 90.3 Å². The minimum atomic E-state index is -0.240. The summed E-state index contributed by atoms with van der Waals surface area (Å²) < 4.78 is 3.61. The summed E-state index contributed by atoms with van der Waals surface area (Å²) in [4.78, 5) is 18.0. The number of benzene rings is 2. The van der Waals surface area contributed by atoms with Crippen molar-refractivity contribution in [2.24, 2.45) is 0 Å². The third-order valence-electron chi connectivity index (χ3n) is 5.51. The van der Waals surface area contributed by atoms with Gasteiger partial charge in [0.25, 0.3) is 5.91 Å². The van der Waals surface area contributed by atoms with E-state index in [-0.39, 0.29) is 11.9 Å². The van der Waals surface area contributed by atoms with Gasteiger partial charge in [0.2, 0.25) is 0 Å². The molecule has 164 valence electrons. The SMILES string of the molecule is Cc1nc2c(cnn2C(C)C)cc1C(=O)Nc1cc(-c2ccccc2)nn1-c1ccccc1. The van der Waals surface area contributed by atoms with Gasteiger partial charge in [-0.25, -0.2) is 14.3 Å². The lowest BCUT2D eigenvalue weighted by Crippen LogP contribution is -2.17. The average Bonchev–Trinajstić information content (AvgIpc) is 3.44. The second-order valence-corrected chi connectivity index (χ2v) is 8.20. The molecule has 0 bridgehead atoms. The van der Waals surface area contributed by atoms with Gasteiger partial charge in [-0.05, 0) is 39.0 Å². The molecule has 5 rings (SSSR count). The van der Waals surface area contributed by atoms with Gasteiger partial charge in [0.1, 0.15) is 5.82 Å². The number of nitrogens with zero attached hydrogens (tertiary/aromatic N) is 5. The normalized spacial score (nSPS) is 11.3. The Balaban J connectivity index is 1.54. The van der Waals surface area contributed by atoms with E-state index in [1.54, 1.807) is 10.9 Å². The van der Waals surface area contributed by atoms with Crippen LogP contribution in [-0.2, 0) is 0 Å². The first-order valence-electron chi connectivity index (χ1n) is 10.9. The maximum absolute atomic E-state index is 13.3. The lowest BCUT2D eigenvalue weighted by Gasteiger charge is -2.11. The van der Waals surface area contributed by atoms with Crippen LogP contribution in [0, 0.1) is 6.92 Å². The number of amides is 1. The molecule has 7 nitrogen and oxygen atoms in total. The van der Waals surface area contributed by atoms with Crippen LogP contribution in [0.3, 0.4) is 0 Å². The average molecular weight is 437 g/mol. The van der Waals surface area contributed by atoms with Crippen LogP contribution >= 0.6 is 0 Å². The van der Waals surface area contributed by atoms with E-state index in [1.807, 2.05) is 84.4 Å². The molecule has 33 heavy (non-hydrogen) atoms. The van der Waals surface area contributed by atoms with Crippen LogP contribution in [0.15, 0.2) is 79.0 Å². The topological polar surface area (TPSA) is 77.6 Å². The summed E-state index contributed by atoms with van der Waals surface area (Å²) in [7, 11) is 0. The quantitative estimate of drug-likeness (QED) is 0.399. The summed E-state index contributed by atoms with van der Waals surface area (Å²) in [5.74, 6) is 0.346. The van der Waals surface area contributed by atoms with Crippen LogP contribution in [0.25, 0.3) is 28.0 Å². The van der Waals surface area contributed by atoms with Gasteiger partial charge in [0, 0.05) is 23.1 Å². The van der Waals surface area contributed by atoms with Gasteiger partial charge in [0.15, 0.2) is 5.65 Å². The molecule has 0 radical (unpaired) electrons. The zero-order valence-corrected chi connectivity index (χ0v) is 18.7. The zero-order chi connectivity index (χ0) is 22.9. The number of aromatic nitrogens is 5. The number of carbonyl (C=O) groups excluding carboxylic acids is 1. The number of aryl methyl sites for hydroxylation is 1. The molecule has 0 saturated heterocycles. The number of rotatable bonds is 5. The highest BCUT2D eigenvalue weighted by Crippen LogP contribution is 2.26. The molecule has 3 aromatic heterocycles. The summed E-state index contributed by atoms with van der Waals surface area (Å²) in [6, 6.07) is 23.6. The van der Waals surface area contributed by atoms with E-state index in [9.17, 15) is 4.79 Å². The Hall–Kier alpha value is -4.26. The van der Waals surface area contributed by atoms with Crippen molar-refractivity contribution in [2.45, 2.75) is 26.8 Å². The Morgan fingerprint density at radius 1 is 0.970 bits per heavy atom. The second kappa shape index (κ2) is 8.35. The largest absolute Gasteiger partial charge is 0.306 e. The smallest absolute Gasteiger partial charge is 0.258 e. The van der Waals surface area contributed by atoms with Crippen molar-refractivity contribution in [3.8, 4) is 16.9 Å². The van der Waals surface area contributed by atoms with Gasteiger partial charge in [0.05, 0.1) is 28.8 Å². The highest BCUT2D eigenvalue weighted by Gasteiger charge is 2.18. The van der Waals surface area contributed by atoms with Crippen molar-refractivity contribution in [1.29, 1.82) is 0 Å². The van der Waals surface area contributed by atoms with Gasteiger partial charge in [-0.15, -0.1) is 0 Å². The van der Waals surface area contributed by atoms with Crippen LogP contribution < -0.4 is 5.32 Å². The number of hydrogen-bond acceptors (Lipinski definition) is 4. The van der Waals surface area contributed by atoms with E-state index in [1.165, 1.54) is 0 Å². The van der Waals surface area contributed by atoms with Crippen LogP contribution in [0.4, 0.5) is 5.82 Å². The monoisotopic (exact) mass is 436 g/mol. The molecule has 0 spiro atoms. The highest BCUT2D eigenvalue weighted by molar-refractivity contribution is 6.06. The molecule has 0 fully saturated rings. The first-order valence-corrected chi connectivity index (χ1v) is 10.9. The van der Waals surface area contributed by atoms with Crippen molar-refractivity contribution in [3.63, 3.8) is 0 Å². The summed E-state index contributed by atoms with van der Waals surface area (Å²) in [5, 5.41) is 13.1. The molecule has 1 amide bonds. The third-order valence-corrected chi connectivity index (χ3v) is 5.51. The molecular weight excluding hydrogens is 412 g/mol. The number of fused-ring (bicyclic) bond motifs is 1. The van der Waals surface area contributed by atoms with Gasteiger partial charge in [-0.2, -0.15) is 10.2 Å². The van der Waals surface area contributed by atoms with E-state index >= 15 is 0 Å². The number of para-hydroxylation sites is 1.